The standard InChI is InChI=1S/C27H17N3/c28-16-21-15-20-14-19-10-4-6-12-23(19)29-26(20)27-25(21)22-11-5-7-13-24(22)30(27)17-18-8-2-1-3-9-18/h1-15H,17H2. The molecule has 4 aromatic carbocycles. The van der Waals surface area contributed by atoms with Crippen LogP contribution in [0.2, 0.25) is 0 Å². The Bertz CT molecular complexity index is 1620. The number of nitriles is 1. The summed E-state index contributed by atoms with van der Waals surface area (Å²) in [5.74, 6) is 0. The normalized spacial score (nSPS) is 11.4. The van der Waals surface area contributed by atoms with Gasteiger partial charge in [-0.1, -0.05) is 66.7 Å². The molecule has 0 saturated carbocycles. The van der Waals surface area contributed by atoms with E-state index < -0.39 is 0 Å². The minimum absolute atomic E-state index is 0.692. The second-order valence-electron chi connectivity index (χ2n) is 7.60. The van der Waals surface area contributed by atoms with Crippen molar-refractivity contribution < 1.29 is 0 Å². The van der Waals surface area contributed by atoms with E-state index in [0.717, 1.165) is 50.2 Å². The summed E-state index contributed by atoms with van der Waals surface area (Å²) in [7, 11) is 0. The molecular formula is C27H17N3. The maximum Gasteiger partial charge on any atom is 0.0999 e. The lowest BCUT2D eigenvalue weighted by atomic mass is 10.0. The van der Waals surface area contributed by atoms with E-state index in [-0.39, 0.29) is 0 Å². The molecule has 2 aromatic heterocycles. The molecule has 140 valence electrons. The minimum Gasteiger partial charge on any atom is -0.334 e. The van der Waals surface area contributed by atoms with Gasteiger partial charge in [0.05, 0.1) is 28.2 Å². The summed E-state index contributed by atoms with van der Waals surface area (Å²) in [6.45, 7) is 0.726. The Morgan fingerprint density at radius 1 is 0.800 bits per heavy atom. The largest absolute Gasteiger partial charge is 0.334 e. The highest BCUT2D eigenvalue weighted by molar-refractivity contribution is 6.20. The molecule has 0 N–H and O–H groups in total. The fraction of sp³-hybridized carbons (Fsp3) is 0.0370. The number of para-hydroxylation sites is 2. The molecule has 0 amide bonds. The Morgan fingerprint density at radius 2 is 1.57 bits per heavy atom. The molecule has 3 nitrogen and oxygen atoms in total. The van der Waals surface area contributed by atoms with E-state index in [1.165, 1.54) is 5.56 Å². The van der Waals surface area contributed by atoms with E-state index >= 15 is 0 Å². The summed E-state index contributed by atoms with van der Waals surface area (Å²) in [5.41, 5.74) is 5.96. The molecule has 0 aliphatic rings. The van der Waals surface area contributed by atoms with Crippen LogP contribution >= 0.6 is 0 Å². The average Bonchev–Trinajstić information content (AvgIpc) is 3.13. The quantitative estimate of drug-likeness (QED) is 0.324. The fourth-order valence-electron chi connectivity index (χ4n) is 4.50. The molecule has 0 radical (unpaired) electrons. The van der Waals surface area contributed by atoms with E-state index in [1.807, 2.05) is 36.4 Å². The molecule has 0 spiro atoms. The minimum atomic E-state index is 0.692. The fourth-order valence-corrected chi connectivity index (χ4v) is 4.50. The molecule has 6 aromatic rings. The van der Waals surface area contributed by atoms with Gasteiger partial charge in [0.1, 0.15) is 0 Å². The van der Waals surface area contributed by atoms with Crippen molar-refractivity contribution >= 4 is 43.6 Å². The van der Waals surface area contributed by atoms with Gasteiger partial charge in [0, 0.05) is 33.6 Å². The van der Waals surface area contributed by atoms with Crippen molar-refractivity contribution in [2.45, 2.75) is 6.54 Å². The van der Waals surface area contributed by atoms with Crippen molar-refractivity contribution in [3.05, 3.63) is 102 Å². The summed E-state index contributed by atoms with van der Waals surface area (Å²) >= 11 is 0. The Kier molecular flexibility index (Phi) is 3.60. The number of pyridine rings is 1. The lowest BCUT2D eigenvalue weighted by molar-refractivity contribution is 0.871. The zero-order chi connectivity index (χ0) is 20.1. The van der Waals surface area contributed by atoms with Crippen LogP contribution in [0.15, 0.2) is 91.0 Å². The number of aromatic nitrogens is 2. The number of rotatable bonds is 2. The Hall–Kier alpha value is -4.16. The van der Waals surface area contributed by atoms with Crippen LogP contribution in [0, 0.1) is 11.3 Å². The molecule has 0 aliphatic carbocycles. The number of benzene rings is 4. The second-order valence-corrected chi connectivity index (χ2v) is 7.60. The summed E-state index contributed by atoms with van der Waals surface area (Å²) in [6.07, 6.45) is 0. The van der Waals surface area contributed by atoms with Gasteiger partial charge in [-0.2, -0.15) is 5.26 Å². The third-order valence-corrected chi connectivity index (χ3v) is 5.82. The van der Waals surface area contributed by atoms with Gasteiger partial charge in [-0.15, -0.1) is 0 Å². The Labute approximate surface area is 173 Å². The third-order valence-electron chi connectivity index (χ3n) is 5.82. The van der Waals surface area contributed by atoms with Crippen molar-refractivity contribution in [1.29, 1.82) is 5.26 Å². The SMILES string of the molecule is N#Cc1cc2cc3ccccc3nc2c2c1c1ccccc1n2Cc1ccccc1. The van der Waals surface area contributed by atoms with Crippen LogP contribution in [0.25, 0.3) is 43.6 Å². The molecule has 3 heteroatoms. The van der Waals surface area contributed by atoms with Crippen molar-refractivity contribution in [3.8, 4) is 6.07 Å². The molecule has 0 unspecified atom stereocenters. The van der Waals surface area contributed by atoms with E-state index in [9.17, 15) is 5.26 Å². The van der Waals surface area contributed by atoms with Crippen molar-refractivity contribution in [1.82, 2.24) is 9.55 Å². The van der Waals surface area contributed by atoms with E-state index in [4.69, 9.17) is 4.98 Å². The van der Waals surface area contributed by atoms with Gasteiger partial charge in [-0.3, -0.25) is 0 Å². The van der Waals surface area contributed by atoms with Gasteiger partial charge >= 0.3 is 0 Å². The maximum atomic E-state index is 9.99. The molecule has 2 heterocycles. The monoisotopic (exact) mass is 383 g/mol. The van der Waals surface area contributed by atoms with E-state index in [2.05, 4.69) is 65.2 Å². The molecule has 6 rings (SSSR count). The summed E-state index contributed by atoms with van der Waals surface area (Å²) in [5, 5.41) is 14.1. The predicted molar refractivity (Wildman–Crippen MR) is 123 cm³/mol. The third kappa shape index (κ3) is 2.41. The lowest BCUT2D eigenvalue weighted by Gasteiger charge is -2.11. The second kappa shape index (κ2) is 6.43. The Morgan fingerprint density at radius 3 is 2.43 bits per heavy atom. The Balaban J connectivity index is 1.83. The van der Waals surface area contributed by atoms with Gasteiger partial charge in [-0.25, -0.2) is 4.98 Å². The van der Waals surface area contributed by atoms with Crippen LogP contribution in [0.1, 0.15) is 11.1 Å². The van der Waals surface area contributed by atoms with Crippen LogP contribution in [0.3, 0.4) is 0 Å². The van der Waals surface area contributed by atoms with Gasteiger partial charge in [-0.05, 0) is 29.8 Å². The van der Waals surface area contributed by atoms with Gasteiger partial charge < -0.3 is 4.57 Å². The highest BCUT2D eigenvalue weighted by Gasteiger charge is 2.18. The lowest BCUT2D eigenvalue weighted by Crippen LogP contribution is -2.00. The number of fused-ring (bicyclic) bond motifs is 6. The van der Waals surface area contributed by atoms with Crippen LogP contribution in [0.5, 0.6) is 0 Å². The van der Waals surface area contributed by atoms with Crippen LogP contribution in [-0.4, -0.2) is 9.55 Å². The molecular weight excluding hydrogens is 366 g/mol. The van der Waals surface area contributed by atoms with Crippen LogP contribution < -0.4 is 0 Å². The zero-order valence-corrected chi connectivity index (χ0v) is 16.2. The van der Waals surface area contributed by atoms with E-state index in [1.54, 1.807) is 0 Å². The first-order valence-electron chi connectivity index (χ1n) is 10.0. The van der Waals surface area contributed by atoms with Gasteiger partial charge in [0.2, 0.25) is 0 Å². The number of nitrogens with zero attached hydrogens (tertiary/aromatic N) is 3. The van der Waals surface area contributed by atoms with Gasteiger partial charge in [0.15, 0.2) is 0 Å². The van der Waals surface area contributed by atoms with Gasteiger partial charge in [0.25, 0.3) is 0 Å². The first-order chi connectivity index (χ1) is 14.8. The first kappa shape index (κ1) is 16.8. The number of hydrogen-bond acceptors (Lipinski definition) is 2. The van der Waals surface area contributed by atoms with Crippen LogP contribution in [-0.2, 0) is 6.54 Å². The van der Waals surface area contributed by atoms with Crippen molar-refractivity contribution in [2.24, 2.45) is 0 Å². The van der Waals surface area contributed by atoms with E-state index in [0.29, 0.717) is 5.56 Å². The van der Waals surface area contributed by atoms with Crippen molar-refractivity contribution in [2.75, 3.05) is 0 Å². The molecule has 0 saturated heterocycles. The molecule has 0 fully saturated rings. The van der Waals surface area contributed by atoms with Crippen molar-refractivity contribution in [3.63, 3.8) is 0 Å². The van der Waals surface area contributed by atoms with Crippen LogP contribution in [0.4, 0.5) is 0 Å². The highest BCUT2D eigenvalue weighted by atomic mass is 15.0. The first-order valence-corrected chi connectivity index (χ1v) is 10.0. The average molecular weight is 383 g/mol. The molecule has 0 bridgehead atoms. The highest BCUT2D eigenvalue weighted by Crippen LogP contribution is 2.37. The molecule has 30 heavy (non-hydrogen) atoms. The maximum absolute atomic E-state index is 9.99. The summed E-state index contributed by atoms with van der Waals surface area (Å²) in [4.78, 5) is 5.05. The number of hydrogen-bond donors (Lipinski definition) is 0. The summed E-state index contributed by atoms with van der Waals surface area (Å²) < 4.78 is 2.31. The zero-order valence-electron chi connectivity index (χ0n) is 16.2. The molecule has 0 atom stereocenters. The molecule has 0 aliphatic heterocycles. The summed E-state index contributed by atoms with van der Waals surface area (Å²) in [6, 6.07) is 33.5. The predicted octanol–water partition coefficient (Wildman–Crippen LogP) is 6.42. The topological polar surface area (TPSA) is 41.6 Å². The smallest absolute Gasteiger partial charge is 0.0999 e.